The Bertz CT molecular complexity index is 1100. The van der Waals surface area contributed by atoms with Gasteiger partial charge in [0.15, 0.2) is 11.5 Å². The minimum atomic E-state index is -0.676. The maximum atomic E-state index is 13.1. The zero-order chi connectivity index (χ0) is 26.1. The summed E-state index contributed by atoms with van der Waals surface area (Å²) in [5, 5.41) is 0. The van der Waals surface area contributed by atoms with E-state index >= 15 is 0 Å². The lowest BCUT2D eigenvalue weighted by atomic mass is 9.83. The van der Waals surface area contributed by atoms with E-state index in [9.17, 15) is 9.59 Å². The lowest BCUT2D eigenvalue weighted by molar-refractivity contribution is -0.139. The van der Waals surface area contributed by atoms with Gasteiger partial charge >= 0.3 is 11.9 Å². The zero-order valence-electron chi connectivity index (χ0n) is 21.4. The molecular formula is C28H33NO7. The van der Waals surface area contributed by atoms with Crippen molar-refractivity contribution in [3.63, 3.8) is 0 Å². The highest BCUT2D eigenvalue weighted by atomic mass is 16.5. The Labute approximate surface area is 212 Å². The van der Waals surface area contributed by atoms with Crippen molar-refractivity contribution in [3.8, 4) is 17.2 Å². The molecule has 8 heteroatoms. The van der Waals surface area contributed by atoms with Crippen LogP contribution in [0.4, 0.5) is 0 Å². The van der Waals surface area contributed by atoms with Crippen LogP contribution >= 0.6 is 0 Å². The first-order valence-electron chi connectivity index (χ1n) is 11.9. The maximum absolute atomic E-state index is 13.1. The number of carbonyl (C=O) groups is 2. The van der Waals surface area contributed by atoms with Gasteiger partial charge < -0.3 is 28.6 Å². The smallest absolute Gasteiger partial charge is 0.336 e. The molecule has 0 aliphatic carbocycles. The fraction of sp³-hybridized carbons (Fsp3) is 0.357. The second-order valence-corrected chi connectivity index (χ2v) is 7.91. The van der Waals surface area contributed by atoms with E-state index in [1.165, 1.54) is 0 Å². The first-order chi connectivity index (χ1) is 17.4. The van der Waals surface area contributed by atoms with Gasteiger partial charge in [-0.2, -0.15) is 0 Å². The monoisotopic (exact) mass is 495 g/mol. The zero-order valence-corrected chi connectivity index (χ0v) is 21.4. The summed E-state index contributed by atoms with van der Waals surface area (Å²) in [7, 11) is 3.15. The maximum Gasteiger partial charge on any atom is 0.336 e. The molecule has 1 heterocycles. The summed E-state index contributed by atoms with van der Waals surface area (Å²) in [4.78, 5) is 28.1. The minimum Gasteiger partial charge on any atom is -0.494 e. The number of carbonyl (C=O) groups excluding carboxylic acids is 2. The Hall–Kier alpha value is -3.94. The molecule has 1 aliphatic heterocycles. The van der Waals surface area contributed by atoms with Crippen molar-refractivity contribution in [1.29, 1.82) is 0 Å². The molecule has 0 unspecified atom stereocenters. The second kappa shape index (κ2) is 12.7. The Kier molecular flexibility index (Phi) is 9.39. The topological polar surface area (TPSA) is 83.5 Å². The first kappa shape index (κ1) is 26.7. The van der Waals surface area contributed by atoms with Gasteiger partial charge in [0.2, 0.25) is 0 Å². The summed E-state index contributed by atoms with van der Waals surface area (Å²) < 4.78 is 27.2. The molecule has 0 aromatic heterocycles. The van der Waals surface area contributed by atoms with E-state index < -0.39 is 17.9 Å². The highest BCUT2D eigenvalue weighted by Gasteiger charge is 2.36. The molecule has 0 bridgehead atoms. The average molecular weight is 496 g/mol. The van der Waals surface area contributed by atoms with E-state index in [1.807, 2.05) is 49.4 Å². The summed E-state index contributed by atoms with van der Waals surface area (Å²) in [6, 6.07) is 12.9. The molecule has 0 amide bonds. The molecule has 36 heavy (non-hydrogen) atoms. The summed E-state index contributed by atoms with van der Waals surface area (Å²) in [6.45, 7) is 6.66. The van der Waals surface area contributed by atoms with Crippen molar-refractivity contribution in [3.05, 3.63) is 77.1 Å². The number of hydrogen-bond donors (Lipinski definition) is 0. The SMILES string of the molecule is CCOC(=O)C1=CN(Cc2ccc(OC)c(OC)c2)C=C(C(=O)OCC)C1c1cccc(OCC)c1. The average Bonchev–Trinajstić information content (AvgIpc) is 2.88. The summed E-state index contributed by atoms with van der Waals surface area (Å²) in [5.74, 6) is 0.161. The van der Waals surface area contributed by atoms with E-state index in [-0.39, 0.29) is 13.2 Å². The van der Waals surface area contributed by atoms with Gasteiger partial charge in [-0.15, -0.1) is 0 Å². The summed E-state index contributed by atoms with van der Waals surface area (Å²) in [5.41, 5.74) is 2.28. The number of benzene rings is 2. The number of nitrogens with zero attached hydrogens (tertiary/aromatic N) is 1. The van der Waals surface area contributed by atoms with Crippen LogP contribution in [0.1, 0.15) is 37.8 Å². The van der Waals surface area contributed by atoms with E-state index in [4.69, 9.17) is 23.7 Å². The molecule has 0 saturated heterocycles. The number of rotatable bonds is 11. The van der Waals surface area contributed by atoms with Crippen LogP contribution in [0.25, 0.3) is 0 Å². The Morgan fingerprint density at radius 2 is 1.44 bits per heavy atom. The van der Waals surface area contributed by atoms with Gasteiger partial charge in [-0.3, -0.25) is 0 Å². The first-order valence-corrected chi connectivity index (χ1v) is 11.9. The second-order valence-electron chi connectivity index (χ2n) is 7.91. The van der Waals surface area contributed by atoms with Crippen LogP contribution in [0.5, 0.6) is 17.2 Å². The number of ether oxygens (including phenoxy) is 5. The molecule has 2 aromatic carbocycles. The van der Waals surface area contributed by atoms with Crippen molar-refractivity contribution in [1.82, 2.24) is 4.90 Å². The van der Waals surface area contributed by atoms with Gasteiger partial charge in [0.05, 0.1) is 51.1 Å². The van der Waals surface area contributed by atoms with E-state index in [0.29, 0.717) is 41.5 Å². The molecule has 0 radical (unpaired) electrons. The van der Waals surface area contributed by atoms with E-state index in [2.05, 4.69) is 0 Å². The van der Waals surface area contributed by atoms with Crippen molar-refractivity contribution >= 4 is 11.9 Å². The van der Waals surface area contributed by atoms with Crippen LogP contribution in [0.15, 0.2) is 66.0 Å². The lowest BCUT2D eigenvalue weighted by Gasteiger charge is -2.30. The molecule has 192 valence electrons. The predicted octanol–water partition coefficient (Wildman–Crippen LogP) is 4.60. The molecule has 0 spiro atoms. The quantitative estimate of drug-likeness (QED) is 0.419. The van der Waals surface area contributed by atoms with E-state index in [1.54, 1.807) is 45.4 Å². The van der Waals surface area contributed by atoms with Crippen LogP contribution < -0.4 is 14.2 Å². The largest absolute Gasteiger partial charge is 0.494 e. The highest BCUT2D eigenvalue weighted by molar-refractivity contribution is 5.98. The Morgan fingerprint density at radius 1 is 0.806 bits per heavy atom. The standard InChI is InChI=1S/C28H33NO7/c1-6-34-21-11-9-10-20(15-21)26-22(27(30)35-7-2)17-29(18-23(26)28(31)36-8-3)16-19-12-13-24(32-4)25(14-19)33-5/h9-15,17-18,26H,6-8,16H2,1-5H3. The van der Waals surface area contributed by atoms with Crippen LogP contribution in [-0.2, 0) is 25.6 Å². The predicted molar refractivity (Wildman–Crippen MR) is 135 cm³/mol. The number of esters is 2. The van der Waals surface area contributed by atoms with Gasteiger partial charge in [-0.05, 0) is 56.2 Å². The molecule has 1 aliphatic rings. The number of methoxy groups -OCH3 is 2. The third-order valence-corrected chi connectivity index (χ3v) is 5.57. The van der Waals surface area contributed by atoms with Gasteiger partial charge in [0.25, 0.3) is 0 Å². The normalized spacial score (nSPS) is 13.4. The van der Waals surface area contributed by atoms with Crippen LogP contribution in [-0.4, -0.2) is 50.9 Å². The highest BCUT2D eigenvalue weighted by Crippen LogP contribution is 2.39. The van der Waals surface area contributed by atoms with Gasteiger partial charge in [0, 0.05) is 18.9 Å². The van der Waals surface area contributed by atoms with Gasteiger partial charge in [-0.1, -0.05) is 18.2 Å². The summed E-state index contributed by atoms with van der Waals surface area (Å²) >= 11 is 0. The van der Waals surface area contributed by atoms with Crippen LogP contribution in [0.2, 0.25) is 0 Å². The third kappa shape index (κ3) is 6.19. The van der Waals surface area contributed by atoms with Gasteiger partial charge in [-0.25, -0.2) is 9.59 Å². The minimum absolute atomic E-state index is 0.204. The molecule has 8 nitrogen and oxygen atoms in total. The van der Waals surface area contributed by atoms with Crippen LogP contribution in [0.3, 0.4) is 0 Å². The third-order valence-electron chi connectivity index (χ3n) is 5.57. The molecule has 0 N–H and O–H groups in total. The van der Waals surface area contributed by atoms with Gasteiger partial charge in [0.1, 0.15) is 5.75 Å². The molecule has 0 saturated carbocycles. The van der Waals surface area contributed by atoms with Crippen LogP contribution in [0, 0.1) is 0 Å². The Morgan fingerprint density at radius 3 is 2.00 bits per heavy atom. The van der Waals surface area contributed by atoms with Crippen molar-refractivity contribution in [2.45, 2.75) is 33.2 Å². The number of hydrogen-bond acceptors (Lipinski definition) is 8. The van der Waals surface area contributed by atoms with Crippen molar-refractivity contribution in [2.75, 3.05) is 34.0 Å². The molecular weight excluding hydrogens is 462 g/mol. The fourth-order valence-corrected chi connectivity index (χ4v) is 4.07. The van der Waals surface area contributed by atoms with Crippen molar-refractivity contribution < 1.29 is 33.3 Å². The van der Waals surface area contributed by atoms with E-state index in [0.717, 1.165) is 11.1 Å². The molecule has 2 aromatic rings. The lowest BCUT2D eigenvalue weighted by Crippen LogP contribution is -2.29. The van der Waals surface area contributed by atoms with Crippen molar-refractivity contribution in [2.24, 2.45) is 0 Å². The fourth-order valence-electron chi connectivity index (χ4n) is 4.07. The summed E-state index contributed by atoms with van der Waals surface area (Å²) in [6.07, 6.45) is 3.44. The molecule has 3 rings (SSSR count). The Balaban J connectivity index is 2.08. The molecule has 0 fully saturated rings. The molecule has 0 atom stereocenters.